The zero-order chi connectivity index (χ0) is 27.1. The molecule has 6 nitrogen and oxygen atoms in total. The Labute approximate surface area is 248 Å². The van der Waals surface area contributed by atoms with Gasteiger partial charge in [0.25, 0.3) is 0 Å². The number of amides is 2. The Balaban J connectivity index is 0.00000420. The second-order valence-corrected chi connectivity index (χ2v) is 11.4. The molecule has 2 aliphatic rings. The van der Waals surface area contributed by atoms with Crippen molar-refractivity contribution in [3.05, 3.63) is 64.1 Å². The first-order valence-corrected chi connectivity index (χ1v) is 14.3. The summed E-state index contributed by atoms with van der Waals surface area (Å²) in [5, 5.41) is 10.9. The van der Waals surface area contributed by atoms with Gasteiger partial charge in [-0.15, -0.1) is 12.4 Å². The number of carbonyl (C=O) groups is 2. The molecule has 2 aliphatic heterocycles. The summed E-state index contributed by atoms with van der Waals surface area (Å²) in [6, 6.07) is 18.2. The summed E-state index contributed by atoms with van der Waals surface area (Å²) in [4.78, 5) is 31.4. The minimum atomic E-state index is -0.311. The number of hydrogen-bond acceptors (Lipinski definition) is 4. The molecule has 39 heavy (non-hydrogen) atoms. The second-order valence-electron chi connectivity index (χ2n) is 10.6. The Morgan fingerprint density at radius 1 is 1.03 bits per heavy atom. The quantitative estimate of drug-likeness (QED) is 0.364. The maximum absolute atomic E-state index is 13.6. The van der Waals surface area contributed by atoms with Crippen molar-refractivity contribution < 1.29 is 9.59 Å². The molecule has 0 unspecified atom stereocenters. The monoisotopic (exact) mass is 590 g/mol. The summed E-state index contributed by atoms with van der Waals surface area (Å²) in [6.07, 6.45) is 4.64. The van der Waals surface area contributed by atoms with Crippen LogP contribution in [0, 0.1) is 22.7 Å². The number of hydrogen-bond donors (Lipinski definition) is 0. The van der Waals surface area contributed by atoms with Crippen molar-refractivity contribution in [2.24, 2.45) is 11.3 Å². The van der Waals surface area contributed by atoms with E-state index in [1.807, 2.05) is 34.1 Å². The summed E-state index contributed by atoms with van der Waals surface area (Å²) in [7, 11) is 0. The predicted octanol–water partition coefficient (Wildman–Crippen LogP) is 6.25. The van der Waals surface area contributed by atoms with Gasteiger partial charge in [0, 0.05) is 38.2 Å². The van der Waals surface area contributed by atoms with Crippen LogP contribution in [-0.2, 0) is 16.0 Å². The van der Waals surface area contributed by atoms with Crippen LogP contribution in [-0.4, -0.2) is 60.9 Å². The number of benzene rings is 2. The molecule has 210 valence electrons. The molecule has 2 aromatic carbocycles. The molecule has 2 aromatic rings. The zero-order valence-corrected chi connectivity index (χ0v) is 24.8. The number of halogens is 3. The fourth-order valence-corrected chi connectivity index (χ4v) is 5.95. The minimum absolute atomic E-state index is 0. The van der Waals surface area contributed by atoms with E-state index in [1.54, 1.807) is 19.1 Å². The molecule has 2 amide bonds. The number of nitrogens with zero attached hydrogens (tertiary/aromatic N) is 4. The van der Waals surface area contributed by atoms with E-state index in [4.69, 9.17) is 23.2 Å². The molecule has 0 radical (unpaired) electrons. The molecule has 2 saturated heterocycles. The highest BCUT2D eigenvalue weighted by atomic mass is 35.5. The highest BCUT2D eigenvalue weighted by Crippen LogP contribution is 2.35. The largest absolute Gasteiger partial charge is 0.343 e. The third-order valence-electron chi connectivity index (χ3n) is 8.06. The van der Waals surface area contributed by atoms with Crippen molar-refractivity contribution >= 4 is 53.1 Å². The second kappa shape index (κ2) is 14.4. The van der Waals surface area contributed by atoms with Crippen LogP contribution in [0.4, 0.5) is 5.69 Å². The lowest BCUT2D eigenvalue weighted by molar-refractivity contribution is -0.133. The molecular weight excluding hydrogens is 555 g/mol. The molecule has 0 aliphatic carbocycles. The summed E-state index contributed by atoms with van der Waals surface area (Å²) >= 11 is 12.5. The fraction of sp³-hybridized carbons (Fsp3) is 0.500. The number of rotatable bonds is 8. The van der Waals surface area contributed by atoms with Gasteiger partial charge in [-0.25, -0.2) is 0 Å². The number of nitriles is 1. The van der Waals surface area contributed by atoms with Crippen molar-refractivity contribution in [1.29, 1.82) is 5.26 Å². The molecule has 0 N–H and O–H groups in total. The van der Waals surface area contributed by atoms with Gasteiger partial charge < -0.3 is 14.7 Å². The van der Waals surface area contributed by atoms with E-state index >= 15 is 0 Å². The third-order valence-corrected chi connectivity index (χ3v) is 8.80. The van der Waals surface area contributed by atoms with Crippen LogP contribution < -0.4 is 4.90 Å². The number of piperidine rings is 2. The zero-order valence-electron chi connectivity index (χ0n) is 22.5. The normalized spacial score (nSPS) is 17.6. The fourth-order valence-electron chi connectivity index (χ4n) is 5.65. The average molecular weight is 592 g/mol. The predicted molar refractivity (Wildman–Crippen MR) is 160 cm³/mol. The van der Waals surface area contributed by atoms with Crippen molar-refractivity contribution in [3.8, 4) is 6.07 Å². The molecule has 0 bridgehead atoms. The highest BCUT2D eigenvalue weighted by Gasteiger charge is 2.35. The molecule has 0 saturated carbocycles. The minimum Gasteiger partial charge on any atom is -0.343 e. The smallest absolute Gasteiger partial charge is 0.230 e. The van der Waals surface area contributed by atoms with E-state index in [1.165, 1.54) is 5.56 Å². The Morgan fingerprint density at radius 2 is 1.69 bits per heavy atom. The summed E-state index contributed by atoms with van der Waals surface area (Å²) in [6.45, 7) is 5.99. The van der Waals surface area contributed by atoms with Crippen LogP contribution in [0.15, 0.2) is 48.5 Å². The van der Waals surface area contributed by atoms with Crippen LogP contribution in [0.25, 0.3) is 0 Å². The molecule has 2 fully saturated rings. The Morgan fingerprint density at radius 3 is 2.28 bits per heavy atom. The number of likely N-dealkylation sites (tertiary alicyclic amines) is 2. The van der Waals surface area contributed by atoms with E-state index in [2.05, 4.69) is 23.1 Å². The molecule has 4 rings (SSSR count). The van der Waals surface area contributed by atoms with Gasteiger partial charge in [-0.2, -0.15) is 5.26 Å². The molecule has 0 atom stereocenters. The van der Waals surface area contributed by atoms with Gasteiger partial charge in [0.2, 0.25) is 11.8 Å². The van der Waals surface area contributed by atoms with Crippen LogP contribution in [0.2, 0.25) is 10.0 Å². The molecule has 0 aromatic heterocycles. The Bertz CT molecular complexity index is 1150. The lowest BCUT2D eigenvalue weighted by atomic mass is 9.75. The standard InChI is InChI=1S/C30H36Cl2N4O2.ClH/c1-23(37)35-16-10-25(11-17-35)29(38)36(26-8-9-27(31)28(32)20-26)15-5-14-34-18-12-30(22-33,13-19-34)21-24-6-3-2-4-7-24;/h2-4,6-9,20,25H,5,10-19,21H2,1H3;1H. The van der Waals surface area contributed by atoms with Gasteiger partial charge in [-0.1, -0.05) is 53.5 Å². The molecular formula is C30H37Cl3N4O2. The lowest BCUT2D eigenvalue weighted by Crippen LogP contribution is -2.45. The van der Waals surface area contributed by atoms with Crippen LogP contribution >= 0.6 is 35.6 Å². The van der Waals surface area contributed by atoms with Crippen molar-refractivity contribution in [1.82, 2.24) is 9.80 Å². The van der Waals surface area contributed by atoms with E-state index in [0.29, 0.717) is 42.5 Å². The van der Waals surface area contributed by atoms with E-state index in [0.717, 1.165) is 51.0 Å². The molecule has 9 heteroatoms. The van der Waals surface area contributed by atoms with E-state index in [9.17, 15) is 14.9 Å². The van der Waals surface area contributed by atoms with Crippen LogP contribution in [0.1, 0.15) is 44.6 Å². The Hall–Kier alpha value is -2.30. The molecule has 2 heterocycles. The van der Waals surface area contributed by atoms with Gasteiger partial charge >= 0.3 is 0 Å². The summed E-state index contributed by atoms with van der Waals surface area (Å²) < 4.78 is 0. The van der Waals surface area contributed by atoms with Gasteiger partial charge in [0.15, 0.2) is 0 Å². The third kappa shape index (κ3) is 8.11. The van der Waals surface area contributed by atoms with Gasteiger partial charge in [0.05, 0.1) is 21.5 Å². The van der Waals surface area contributed by atoms with Crippen molar-refractivity contribution in [2.45, 2.75) is 45.4 Å². The summed E-state index contributed by atoms with van der Waals surface area (Å²) in [5.74, 6) is 0.0174. The molecule has 0 spiro atoms. The first-order valence-electron chi connectivity index (χ1n) is 13.5. The van der Waals surface area contributed by atoms with E-state index in [-0.39, 0.29) is 35.6 Å². The van der Waals surface area contributed by atoms with Gasteiger partial charge in [0.1, 0.15) is 0 Å². The Kier molecular flexibility index (Phi) is 11.5. The number of carbonyl (C=O) groups excluding carboxylic acids is 2. The maximum Gasteiger partial charge on any atom is 0.230 e. The van der Waals surface area contributed by atoms with Gasteiger partial charge in [-0.05, 0) is 81.9 Å². The topological polar surface area (TPSA) is 67.7 Å². The van der Waals surface area contributed by atoms with Crippen LogP contribution in [0.3, 0.4) is 0 Å². The highest BCUT2D eigenvalue weighted by molar-refractivity contribution is 6.42. The van der Waals surface area contributed by atoms with Crippen molar-refractivity contribution in [2.75, 3.05) is 44.2 Å². The summed E-state index contributed by atoms with van der Waals surface area (Å²) in [5.41, 5.74) is 1.66. The van der Waals surface area contributed by atoms with Crippen molar-refractivity contribution in [3.63, 3.8) is 0 Å². The average Bonchev–Trinajstić information content (AvgIpc) is 2.94. The first kappa shape index (κ1) is 31.2. The number of anilines is 1. The van der Waals surface area contributed by atoms with E-state index < -0.39 is 0 Å². The lowest BCUT2D eigenvalue weighted by Gasteiger charge is -2.38. The van der Waals surface area contributed by atoms with Crippen LogP contribution in [0.5, 0.6) is 0 Å². The SMILES string of the molecule is CC(=O)N1CCC(C(=O)N(CCCN2CCC(C#N)(Cc3ccccc3)CC2)c2ccc(Cl)c(Cl)c2)CC1.Cl. The first-order chi connectivity index (χ1) is 18.3. The maximum atomic E-state index is 13.6. The van der Waals surface area contributed by atoms with Gasteiger partial charge in [-0.3, -0.25) is 9.59 Å².